The Kier molecular flexibility index (Phi) is 8.13. The van der Waals surface area contributed by atoms with Crippen LogP contribution in [0.2, 0.25) is 0 Å². The maximum Gasteiger partial charge on any atom is 0.321 e. The fourth-order valence-electron chi connectivity index (χ4n) is 3.62. The summed E-state index contributed by atoms with van der Waals surface area (Å²) in [6.45, 7) is 1.57. The number of carbonyl (C=O) groups is 2. The Morgan fingerprint density at radius 3 is 2.67 bits per heavy atom. The zero-order chi connectivity index (χ0) is 21.3. The molecule has 0 unspecified atom stereocenters. The van der Waals surface area contributed by atoms with Crippen molar-refractivity contribution in [2.75, 3.05) is 24.7 Å². The van der Waals surface area contributed by atoms with Crippen molar-refractivity contribution in [3.63, 3.8) is 0 Å². The number of anilines is 1. The monoisotopic (exact) mass is 429 g/mol. The van der Waals surface area contributed by atoms with Crippen LogP contribution in [-0.4, -0.2) is 36.2 Å². The number of thioether (sulfide) groups is 1. The standard InChI is InChI=1S/C23H28FN3O2S/c1-30-20-11-9-19(10-12-20)26-23(29)27-14-4-5-17(16-27)8-13-22(28)25-15-18-6-2-3-7-21(18)24/h2-3,6-7,9-12,17H,4-5,8,13-16H2,1H3,(H,25,28)(H,26,29)/t17-/m1/s1. The number of piperidine rings is 1. The van der Waals surface area contributed by atoms with Gasteiger partial charge in [0, 0.05) is 42.2 Å². The molecule has 30 heavy (non-hydrogen) atoms. The van der Waals surface area contributed by atoms with Crippen molar-refractivity contribution in [3.05, 3.63) is 59.9 Å². The highest BCUT2D eigenvalue weighted by Gasteiger charge is 2.24. The van der Waals surface area contributed by atoms with Gasteiger partial charge in [-0.25, -0.2) is 9.18 Å². The quantitative estimate of drug-likeness (QED) is 0.616. The lowest BCUT2D eigenvalue weighted by atomic mass is 9.93. The summed E-state index contributed by atoms with van der Waals surface area (Å²) < 4.78 is 13.6. The number of rotatable bonds is 7. The van der Waals surface area contributed by atoms with Gasteiger partial charge in [0.1, 0.15) is 5.82 Å². The molecular weight excluding hydrogens is 401 g/mol. The van der Waals surface area contributed by atoms with Crippen molar-refractivity contribution in [1.82, 2.24) is 10.2 Å². The molecule has 0 radical (unpaired) electrons. The van der Waals surface area contributed by atoms with E-state index in [9.17, 15) is 14.0 Å². The number of nitrogens with one attached hydrogen (secondary N) is 2. The van der Waals surface area contributed by atoms with E-state index in [1.165, 1.54) is 6.07 Å². The highest BCUT2D eigenvalue weighted by Crippen LogP contribution is 2.23. The minimum absolute atomic E-state index is 0.0892. The van der Waals surface area contributed by atoms with Crippen LogP contribution >= 0.6 is 11.8 Å². The van der Waals surface area contributed by atoms with Gasteiger partial charge in [-0.3, -0.25) is 4.79 Å². The second kappa shape index (κ2) is 11.0. The molecule has 3 amide bonds. The maximum absolute atomic E-state index is 13.6. The number of hydrogen-bond donors (Lipinski definition) is 2. The third-order valence-electron chi connectivity index (χ3n) is 5.36. The van der Waals surface area contributed by atoms with Crippen molar-refractivity contribution in [2.24, 2.45) is 5.92 Å². The molecule has 0 bridgehead atoms. The van der Waals surface area contributed by atoms with E-state index in [-0.39, 0.29) is 24.3 Å². The van der Waals surface area contributed by atoms with E-state index in [2.05, 4.69) is 10.6 Å². The molecule has 7 heteroatoms. The van der Waals surface area contributed by atoms with Crippen LogP contribution in [0, 0.1) is 11.7 Å². The number of nitrogens with zero attached hydrogens (tertiary/aromatic N) is 1. The van der Waals surface area contributed by atoms with E-state index < -0.39 is 0 Å². The summed E-state index contributed by atoms with van der Waals surface area (Å²) in [4.78, 5) is 27.7. The van der Waals surface area contributed by atoms with Crippen LogP contribution < -0.4 is 10.6 Å². The molecule has 1 aliphatic rings. The van der Waals surface area contributed by atoms with Crippen LogP contribution in [0.15, 0.2) is 53.4 Å². The van der Waals surface area contributed by atoms with E-state index in [1.54, 1.807) is 30.0 Å². The Labute approximate surface area is 181 Å². The van der Waals surface area contributed by atoms with E-state index in [1.807, 2.05) is 35.4 Å². The summed E-state index contributed by atoms with van der Waals surface area (Å²) >= 11 is 1.66. The van der Waals surface area contributed by atoms with E-state index >= 15 is 0 Å². The first-order valence-corrected chi connectivity index (χ1v) is 11.5. The van der Waals surface area contributed by atoms with Gasteiger partial charge in [-0.1, -0.05) is 18.2 Å². The fourth-order valence-corrected chi connectivity index (χ4v) is 4.03. The normalized spacial score (nSPS) is 16.2. The molecule has 160 valence electrons. The van der Waals surface area contributed by atoms with E-state index in [0.29, 0.717) is 24.4 Å². The lowest BCUT2D eigenvalue weighted by Crippen LogP contribution is -2.42. The summed E-state index contributed by atoms with van der Waals surface area (Å²) in [5, 5.41) is 5.74. The van der Waals surface area contributed by atoms with Crippen molar-refractivity contribution >= 4 is 29.4 Å². The number of benzene rings is 2. The third-order valence-corrected chi connectivity index (χ3v) is 6.10. The number of hydrogen-bond acceptors (Lipinski definition) is 3. The van der Waals surface area contributed by atoms with Gasteiger partial charge in [-0.15, -0.1) is 11.8 Å². The Bertz CT molecular complexity index is 860. The van der Waals surface area contributed by atoms with Crippen molar-refractivity contribution in [2.45, 2.75) is 37.1 Å². The Hall–Kier alpha value is -2.54. The second-order valence-electron chi connectivity index (χ2n) is 7.52. The van der Waals surface area contributed by atoms with Gasteiger partial charge in [0.05, 0.1) is 0 Å². The SMILES string of the molecule is CSc1ccc(NC(=O)N2CCC[C@H](CCC(=O)NCc3ccccc3F)C2)cc1. The van der Waals surface area contributed by atoms with E-state index in [0.717, 1.165) is 36.4 Å². The Balaban J connectivity index is 1.42. The molecule has 1 saturated heterocycles. The topological polar surface area (TPSA) is 61.4 Å². The molecule has 0 saturated carbocycles. The molecule has 0 aromatic heterocycles. The van der Waals surface area contributed by atoms with Gasteiger partial charge in [-0.05, 0) is 61.8 Å². The molecular formula is C23H28FN3O2S. The number of carbonyl (C=O) groups excluding carboxylic acids is 2. The number of likely N-dealkylation sites (tertiary alicyclic amines) is 1. The van der Waals surface area contributed by atoms with Crippen LogP contribution in [0.25, 0.3) is 0 Å². The highest BCUT2D eigenvalue weighted by molar-refractivity contribution is 7.98. The van der Waals surface area contributed by atoms with Crippen LogP contribution in [0.3, 0.4) is 0 Å². The van der Waals surface area contributed by atoms with Crippen molar-refractivity contribution in [3.8, 4) is 0 Å². The Morgan fingerprint density at radius 1 is 1.17 bits per heavy atom. The zero-order valence-electron chi connectivity index (χ0n) is 17.2. The molecule has 1 aliphatic heterocycles. The summed E-state index contributed by atoms with van der Waals surface area (Å²) in [7, 11) is 0. The van der Waals surface area contributed by atoms with Crippen LogP contribution in [0.5, 0.6) is 0 Å². The molecule has 0 spiro atoms. The fraction of sp³-hybridized carbons (Fsp3) is 0.391. The number of urea groups is 1. The molecule has 1 atom stereocenters. The smallest absolute Gasteiger partial charge is 0.321 e. The predicted octanol–water partition coefficient (Wildman–Crippen LogP) is 4.89. The van der Waals surface area contributed by atoms with Gasteiger partial charge in [0.2, 0.25) is 5.91 Å². The van der Waals surface area contributed by atoms with Crippen LogP contribution in [-0.2, 0) is 11.3 Å². The first kappa shape index (κ1) is 22.2. The zero-order valence-corrected chi connectivity index (χ0v) is 18.0. The molecule has 1 fully saturated rings. The highest BCUT2D eigenvalue weighted by atomic mass is 32.2. The first-order valence-electron chi connectivity index (χ1n) is 10.2. The molecule has 5 nitrogen and oxygen atoms in total. The summed E-state index contributed by atoms with van der Waals surface area (Å²) in [6.07, 6.45) is 5.05. The van der Waals surface area contributed by atoms with E-state index in [4.69, 9.17) is 0 Å². The molecule has 2 N–H and O–H groups in total. The third kappa shape index (κ3) is 6.49. The summed E-state index contributed by atoms with van der Waals surface area (Å²) in [5.41, 5.74) is 1.27. The molecule has 2 aromatic carbocycles. The van der Waals surface area contributed by atoms with Crippen molar-refractivity contribution in [1.29, 1.82) is 0 Å². The molecule has 3 rings (SSSR count). The lowest BCUT2D eigenvalue weighted by molar-refractivity contribution is -0.121. The first-order chi connectivity index (χ1) is 14.5. The average molecular weight is 430 g/mol. The largest absolute Gasteiger partial charge is 0.352 e. The number of amides is 3. The minimum atomic E-state index is -0.310. The van der Waals surface area contributed by atoms with Gasteiger partial charge in [0.15, 0.2) is 0 Å². The van der Waals surface area contributed by atoms with Crippen LogP contribution in [0.1, 0.15) is 31.2 Å². The number of halogens is 1. The van der Waals surface area contributed by atoms with Gasteiger partial charge in [-0.2, -0.15) is 0 Å². The molecule has 0 aliphatic carbocycles. The maximum atomic E-state index is 13.6. The summed E-state index contributed by atoms with van der Waals surface area (Å²) in [5.74, 6) is -0.105. The molecule has 1 heterocycles. The second-order valence-corrected chi connectivity index (χ2v) is 8.40. The average Bonchev–Trinajstić information content (AvgIpc) is 2.78. The van der Waals surface area contributed by atoms with Crippen molar-refractivity contribution < 1.29 is 14.0 Å². The Morgan fingerprint density at radius 2 is 1.93 bits per heavy atom. The van der Waals surface area contributed by atoms with Crippen LogP contribution in [0.4, 0.5) is 14.9 Å². The van der Waals surface area contributed by atoms with Gasteiger partial charge in [0.25, 0.3) is 0 Å². The molecule has 2 aromatic rings. The lowest BCUT2D eigenvalue weighted by Gasteiger charge is -2.32. The summed E-state index contributed by atoms with van der Waals surface area (Å²) in [6, 6.07) is 14.1. The van der Waals surface area contributed by atoms with Gasteiger partial charge < -0.3 is 15.5 Å². The predicted molar refractivity (Wildman–Crippen MR) is 119 cm³/mol. The minimum Gasteiger partial charge on any atom is -0.352 e. The van der Waals surface area contributed by atoms with Gasteiger partial charge >= 0.3 is 6.03 Å².